The quantitative estimate of drug-likeness (QED) is 0.0941. The lowest BCUT2D eigenvalue weighted by Gasteiger charge is -2.40. The maximum Gasteiger partial charge on any atom is 0.132 e. The van der Waals surface area contributed by atoms with Gasteiger partial charge in [0.05, 0.1) is 13.2 Å². The lowest BCUT2D eigenvalue weighted by atomic mass is 9.92. The molecule has 0 aromatic heterocycles. The molecule has 2 aliphatic rings. The maximum absolute atomic E-state index is 10.4. The van der Waals surface area contributed by atoms with Gasteiger partial charge in [0.25, 0.3) is 0 Å². The Morgan fingerprint density at radius 2 is 0.875 bits per heavy atom. The average Bonchev–Trinajstić information content (AvgIpc) is 3.20. The molecule has 14 heteroatoms. The van der Waals surface area contributed by atoms with Crippen molar-refractivity contribution in [2.24, 2.45) is 0 Å². The number of aliphatic hydroxyl groups is 6. The van der Waals surface area contributed by atoms with Gasteiger partial charge in [0.2, 0.25) is 0 Å². The Hall–Kier alpha value is -2.56. The highest BCUT2D eigenvalue weighted by atomic mass is 35.5. The molecule has 6 N–H and O–H groups in total. The van der Waals surface area contributed by atoms with E-state index in [4.69, 9.17) is 42.1 Å². The van der Waals surface area contributed by atoms with Crippen LogP contribution in [0, 0.1) is 0 Å². The van der Waals surface area contributed by atoms with E-state index in [2.05, 4.69) is 0 Å². The van der Waals surface area contributed by atoms with E-state index in [1.54, 1.807) is 36.8 Å². The third-order valence-corrected chi connectivity index (χ3v) is 12.1. The Balaban J connectivity index is 0.000000214. The Labute approximate surface area is 346 Å². The van der Waals surface area contributed by atoms with Crippen LogP contribution in [0.15, 0.2) is 84.9 Å². The van der Waals surface area contributed by atoms with Crippen molar-refractivity contribution in [1.29, 1.82) is 0 Å². The first-order valence-electron chi connectivity index (χ1n) is 18.3. The second-order valence-electron chi connectivity index (χ2n) is 13.5. The van der Waals surface area contributed by atoms with Crippen molar-refractivity contribution < 1.29 is 49.6 Å². The molecule has 304 valence electrons. The Bertz CT molecular complexity index is 1700. The van der Waals surface area contributed by atoms with Crippen molar-refractivity contribution >= 4 is 46.7 Å². The first-order valence-corrected chi connectivity index (χ1v) is 21.7. The van der Waals surface area contributed by atoms with Crippen LogP contribution in [0.4, 0.5) is 0 Å². The first-order chi connectivity index (χ1) is 26.9. The second-order valence-corrected chi connectivity index (χ2v) is 16.2. The van der Waals surface area contributed by atoms with E-state index in [-0.39, 0.29) is 0 Å². The van der Waals surface area contributed by atoms with Gasteiger partial charge in [-0.15, -0.1) is 23.5 Å². The fourth-order valence-corrected chi connectivity index (χ4v) is 8.34. The number of rotatable bonds is 12. The molecule has 6 rings (SSSR count). The summed E-state index contributed by atoms with van der Waals surface area (Å²) >= 11 is 15.4. The number of ether oxygens (including phenoxy) is 4. The summed E-state index contributed by atoms with van der Waals surface area (Å²) in [6, 6.07) is 26.5. The van der Waals surface area contributed by atoms with Gasteiger partial charge in [-0.3, -0.25) is 0 Å². The monoisotopic (exact) mass is 848 g/mol. The van der Waals surface area contributed by atoms with Crippen molar-refractivity contribution in [2.45, 2.75) is 86.4 Å². The highest BCUT2D eigenvalue weighted by Crippen LogP contribution is 2.39. The summed E-state index contributed by atoms with van der Waals surface area (Å²) in [6.07, 6.45) is -3.98. The van der Waals surface area contributed by atoms with Crippen LogP contribution < -0.4 is 9.47 Å². The number of benzene rings is 4. The molecule has 2 saturated heterocycles. The third-order valence-electron chi connectivity index (χ3n) is 9.66. The van der Waals surface area contributed by atoms with E-state index in [1.807, 2.05) is 74.5 Å². The van der Waals surface area contributed by atoms with Crippen LogP contribution in [-0.4, -0.2) is 104 Å². The topological polar surface area (TPSA) is 158 Å². The molecule has 0 saturated carbocycles. The van der Waals surface area contributed by atoms with E-state index < -0.39 is 59.7 Å². The van der Waals surface area contributed by atoms with Gasteiger partial charge < -0.3 is 49.6 Å². The SMILES string of the molecule is CCOc1ccc(Cc2cc([C@@H]3O[C@H](SC)[C@@H](O)[C@H](O)[C@H]3O)ccc2Cl)cc1.CCOc1ccc(Cc2cc([C@@H]3O[C@H](SC)[C@@H](O)[C@H](O)[C@H]3O)ccc2Cl)cc1. The highest BCUT2D eigenvalue weighted by molar-refractivity contribution is 7.99. The number of aliphatic hydroxyl groups excluding tert-OH is 6. The number of hydrogen-bond donors (Lipinski definition) is 6. The average molecular weight is 850 g/mol. The predicted molar refractivity (Wildman–Crippen MR) is 222 cm³/mol. The van der Waals surface area contributed by atoms with Crippen LogP contribution in [0.1, 0.15) is 59.4 Å². The van der Waals surface area contributed by atoms with Crippen molar-refractivity contribution in [3.63, 3.8) is 0 Å². The second kappa shape index (κ2) is 20.9. The molecule has 4 aromatic rings. The fourth-order valence-electron chi connectivity index (χ4n) is 6.63. The van der Waals surface area contributed by atoms with Gasteiger partial charge in [0.15, 0.2) is 0 Å². The zero-order valence-electron chi connectivity index (χ0n) is 31.6. The minimum atomic E-state index is -1.28. The van der Waals surface area contributed by atoms with E-state index >= 15 is 0 Å². The summed E-state index contributed by atoms with van der Waals surface area (Å²) in [4.78, 5) is 0. The zero-order chi connectivity index (χ0) is 40.5. The van der Waals surface area contributed by atoms with Crippen LogP contribution >= 0.6 is 46.7 Å². The Morgan fingerprint density at radius 3 is 1.20 bits per heavy atom. The molecule has 56 heavy (non-hydrogen) atoms. The minimum Gasteiger partial charge on any atom is -0.494 e. The predicted octanol–water partition coefficient (Wildman–Crippen LogP) is 6.35. The van der Waals surface area contributed by atoms with E-state index in [1.165, 1.54) is 23.5 Å². The Morgan fingerprint density at radius 1 is 0.518 bits per heavy atom. The van der Waals surface area contributed by atoms with Crippen LogP contribution in [0.25, 0.3) is 0 Å². The Kier molecular flexibility index (Phi) is 16.6. The molecule has 10 atom stereocenters. The summed E-state index contributed by atoms with van der Waals surface area (Å²) in [6.45, 7) is 5.12. The molecule has 4 aromatic carbocycles. The smallest absolute Gasteiger partial charge is 0.132 e. The van der Waals surface area contributed by atoms with Gasteiger partial charge in [-0.05, 0) is 109 Å². The van der Waals surface area contributed by atoms with Crippen molar-refractivity contribution in [3.05, 3.63) is 128 Å². The molecule has 2 aliphatic heterocycles. The van der Waals surface area contributed by atoms with Crippen molar-refractivity contribution in [1.82, 2.24) is 0 Å². The summed E-state index contributed by atoms with van der Waals surface area (Å²) in [7, 11) is 0. The molecular weight excluding hydrogens is 799 g/mol. The standard InChI is InChI=1S/2C21H25ClO5S/c2*1-3-26-15-7-4-12(5-8-15)10-14-11-13(6-9-16(14)22)20-18(24)17(23)19(25)21(27-20)28-2/h2*4-9,11,17-21,23-25H,3,10H2,1-2H3/t2*17-,18-,19+,20+,21-/m11/s1. The van der Waals surface area contributed by atoms with E-state index in [9.17, 15) is 30.6 Å². The molecule has 0 bridgehead atoms. The summed E-state index contributed by atoms with van der Waals surface area (Å²) < 4.78 is 22.6. The fraction of sp³-hybridized carbons (Fsp3) is 0.429. The number of halogens is 2. The molecule has 0 spiro atoms. The maximum atomic E-state index is 10.4. The van der Waals surface area contributed by atoms with Crippen LogP contribution in [-0.2, 0) is 22.3 Å². The molecule has 2 fully saturated rings. The van der Waals surface area contributed by atoms with Gasteiger partial charge in [0, 0.05) is 10.0 Å². The molecular formula is C42H50Cl2O10S2. The number of thioether (sulfide) groups is 2. The van der Waals surface area contributed by atoms with Gasteiger partial charge >= 0.3 is 0 Å². The minimum absolute atomic E-state index is 0.610. The van der Waals surface area contributed by atoms with Crippen LogP contribution in [0.3, 0.4) is 0 Å². The lowest BCUT2D eigenvalue weighted by Crippen LogP contribution is -2.52. The van der Waals surface area contributed by atoms with Gasteiger partial charge in [-0.1, -0.05) is 71.7 Å². The van der Waals surface area contributed by atoms with Gasteiger partial charge in [-0.25, -0.2) is 0 Å². The normalized spacial score (nSPS) is 27.6. The third kappa shape index (κ3) is 10.9. The van der Waals surface area contributed by atoms with Gasteiger partial charge in [0.1, 0.15) is 71.2 Å². The molecule has 2 heterocycles. The summed E-state index contributed by atoms with van der Waals surface area (Å²) in [5, 5.41) is 62.5. The molecule has 0 amide bonds. The van der Waals surface area contributed by atoms with Crippen molar-refractivity contribution in [2.75, 3.05) is 25.7 Å². The van der Waals surface area contributed by atoms with E-state index in [0.717, 1.165) is 33.8 Å². The molecule has 0 radical (unpaired) electrons. The summed E-state index contributed by atoms with van der Waals surface area (Å²) in [5.41, 5.74) is 4.11. The van der Waals surface area contributed by atoms with Crippen molar-refractivity contribution in [3.8, 4) is 11.5 Å². The largest absolute Gasteiger partial charge is 0.494 e. The van der Waals surface area contributed by atoms with Crippen LogP contribution in [0.2, 0.25) is 10.0 Å². The number of hydrogen-bond acceptors (Lipinski definition) is 12. The van der Waals surface area contributed by atoms with E-state index in [0.29, 0.717) is 47.2 Å². The lowest BCUT2D eigenvalue weighted by molar-refractivity contribution is -0.200. The molecule has 0 aliphatic carbocycles. The zero-order valence-corrected chi connectivity index (χ0v) is 34.7. The summed E-state index contributed by atoms with van der Waals surface area (Å²) in [5.74, 6) is 1.64. The highest BCUT2D eigenvalue weighted by Gasteiger charge is 2.45. The van der Waals surface area contributed by atoms with Gasteiger partial charge in [-0.2, -0.15) is 0 Å². The van der Waals surface area contributed by atoms with Crippen LogP contribution in [0.5, 0.6) is 11.5 Å². The first kappa shape index (κ1) is 44.5. The molecule has 0 unspecified atom stereocenters. The molecule has 10 nitrogen and oxygen atoms in total.